The van der Waals surface area contributed by atoms with E-state index < -0.39 is 11.9 Å². The molecule has 2 rings (SSSR count). The molecule has 0 radical (unpaired) electrons. The molecule has 0 fully saturated rings. The van der Waals surface area contributed by atoms with Crippen molar-refractivity contribution >= 4 is 0 Å². The van der Waals surface area contributed by atoms with E-state index in [9.17, 15) is 13.2 Å². The largest absolute Gasteiger partial charge is 0.433 e. The van der Waals surface area contributed by atoms with Gasteiger partial charge in [-0.05, 0) is 24.3 Å². The Labute approximate surface area is 89.8 Å². The van der Waals surface area contributed by atoms with Crippen molar-refractivity contribution in [2.75, 3.05) is 0 Å². The first-order valence-corrected chi connectivity index (χ1v) is 4.53. The van der Waals surface area contributed by atoms with Crippen molar-refractivity contribution < 1.29 is 13.2 Å². The summed E-state index contributed by atoms with van der Waals surface area (Å²) in [5, 5.41) is 0. The summed E-state index contributed by atoms with van der Waals surface area (Å²) in [5.41, 5.74) is -0.264. The smallest absolute Gasteiger partial charge is 0.255 e. The van der Waals surface area contributed by atoms with Gasteiger partial charge in [0.2, 0.25) is 0 Å². The number of nitrogens with zero attached hydrogens (tertiary/aromatic N) is 2. The monoisotopic (exact) mass is 224 g/mol. The first-order chi connectivity index (χ1) is 7.57. The average Bonchev–Trinajstić information content (AvgIpc) is 2.29. The van der Waals surface area contributed by atoms with Crippen LogP contribution in [0.4, 0.5) is 13.2 Å². The summed E-state index contributed by atoms with van der Waals surface area (Å²) in [5.74, 6) is 0. The number of alkyl halides is 3. The van der Waals surface area contributed by atoms with Crippen LogP contribution in [-0.2, 0) is 6.18 Å². The predicted octanol–water partition coefficient (Wildman–Crippen LogP) is 3.16. The average molecular weight is 224 g/mol. The molecule has 0 aliphatic rings. The Morgan fingerprint density at radius 2 is 1.62 bits per heavy atom. The predicted molar refractivity (Wildman–Crippen MR) is 52.5 cm³/mol. The van der Waals surface area contributed by atoms with Gasteiger partial charge in [-0.25, -0.2) is 4.98 Å². The van der Waals surface area contributed by atoms with Crippen LogP contribution >= 0.6 is 0 Å². The van der Waals surface area contributed by atoms with E-state index >= 15 is 0 Å². The molecule has 0 saturated carbocycles. The Kier molecular flexibility index (Phi) is 2.60. The highest BCUT2D eigenvalue weighted by Crippen LogP contribution is 2.28. The van der Waals surface area contributed by atoms with E-state index in [1.165, 1.54) is 18.3 Å². The van der Waals surface area contributed by atoms with Crippen LogP contribution in [0.1, 0.15) is 5.69 Å². The van der Waals surface area contributed by atoms with Crippen LogP contribution in [-0.4, -0.2) is 9.97 Å². The molecule has 16 heavy (non-hydrogen) atoms. The topological polar surface area (TPSA) is 25.8 Å². The second kappa shape index (κ2) is 3.92. The molecule has 2 nitrogen and oxygen atoms in total. The summed E-state index contributed by atoms with van der Waals surface area (Å²) in [6.07, 6.45) is -2.91. The van der Waals surface area contributed by atoms with Crippen molar-refractivity contribution in [1.82, 2.24) is 9.97 Å². The molecule has 0 amide bonds. The SMILES string of the molecule is FC(F)(F)c1cccc(-c2ccccn2)n1. The van der Waals surface area contributed by atoms with Gasteiger partial charge in [-0.2, -0.15) is 13.2 Å². The van der Waals surface area contributed by atoms with Gasteiger partial charge >= 0.3 is 6.18 Å². The van der Waals surface area contributed by atoms with Gasteiger partial charge < -0.3 is 0 Å². The highest BCUT2D eigenvalue weighted by Gasteiger charge is 2.32. The second-order valence-electron chi connectivity index (χ2n) is 3.12. The molecular formula is C11H7F3N2. The standard InChI is InChI=1S/C11H7F3N2/c12-11(13,14)10-6-3-5-9(16-10)8-4-1-2-7-15-8/h1-7H. The van der Waals surface area contributed by atoms with Gasteiger partial charge in [-0.1, -0.05) is 12.1 Å². The molecule has 0 unspecified atom stereocenters. The van der Waals surface area contributed by atoms with Gasteiger partial charge in [0, 0.05) is 6.20 Å². The van der Waals surface area contributed by atoms with Gasteiger partial charge in [0.15, 0.2) is 0 Å². The highest BCUT2D eigenvalue weighted by molar-refractivity contribution is 5.53. The minimum atomic E-state index is -4.43. The van der Waals surface area contributed by atoms with Crippen molar-refractivity contribution in [1.29, 1.82) is 0 Å². The zero-order chi connectivity index (χ0) is 11.6. The summed E-state index contributed by atoms with van der Waals surface area (Å²) in [6, 6.07) is 8.76. The molecule has 2 aromatic heterocycles. The fraction of sp³-hybridized carbons (Fsp3) is 0.0909. The molecule has 0 atom stereocenters. The van der Waals surface area contributed by atoms with Gasteiger partial charge in [-0.3, -0.25) is 4.98 Å². The molecule has 2 aromatic rings. The van der Waals surface area contributed by atoms with Crippen molar-refractivity contribution in [3.05, 3.63) is 48.3 Å². The first kappa shape index (κ1) is 10.6. The third kappa shape index (κ3) is 2.18. The Morgan fingerprint density at radius 1 is 0.875 bits per heavy atom. The Balaban J connectivity index is 2.45. The minimum Gasteiger partial charge on any atom is -0.255 e. The van der Waals surface area contributed by atoms with E-state index in [4.69, 9.17) is 0 Å². The van der Waals surface area contributed by atoms with E-state index in [0.29, 0.717) is 5.69 Å². The fourth-order valence-corrected chi connectivity index (χ4v) is 1.25. The van der Waals surface area contributed by atoms with E-state index in [0.717, 1.165) is 6.07 Å². The van der Waals surface area contributed by atoms with Crippen LogP contribution in [0.5, 0.6) is 0 Å². The lowest BCUT2D eigenvalue weighted by Crippen LogP contribution is -2.08. The number of halogens is 3. The van der Waals surface area contributed by atoms with Crippen LogP contribution < -0.4 is 0 Å². The molecule has 0 N–H and O–H groups in total. The Morgan fingerprint density at radius 3 is 2.25 bits per heavy atom. The molecule has 0 spiro atoms. The van der Waals surface area contributed by atoms with Crippen molar-refractivity contribution in [2.24, 2.45) is 0 Å². The van der Waals surface area contributed by atoms with Gasteiger partial charge in [0.1, 0.15) is 5.69 Å². The molecule has 0 bridgehead atoms. The molecule has 5 heteroatoms. The van der Waals surface area contributed by atoms with E-state index in [1.807, 2.05) is 0 Å². The molecule has 2 heterocycles. The minimum absolute atomic E-state index is 0.218. The van der Waals surface area contributed by atoms with Gasteiger partial charge in [0.05, 0.1) is 11.4 Å². The number of hydrogen-bond acceptors (Lipinski definition) is 2. The summed E-state index contributed by atoms with van der Waals surface area (Å²) >= 11 is 0. The summed E-state index contributed by atoms with van der Waals surface area (Å²) in [6.45, 7) is 0. The maximum absolute atomic E-state index is 12.4. The summed E-state index contributed by atoms with van der Waals surface area (Å²) < 4.78 is 37.2. The number of rotatable bonds is 1. The third-order valence-corrected chi connectivity index (χ3v) is 1.97. The quantitative estimate of drug-likeness (QED) is 0.743. The first-order valence-electron chi connectivity index (χ1n) is 4.53. The van der Waals surface area contributed by atoms with Crippen molar-refractivity contribution in [2.45, 2.75) is 6.18 Å². The summed E-state index contributed by atoms with van der Waals surface area (Å²) in [7, 11) is 0. The molecule has 0 saturated heterocycles. The van der Waals surface area contributed by atoms with E-state index in [-0.39, 0.29) is 5.69 Å². The lowest BCUT2D eigenvalue weighted by Gasteiger charge is -2.06. The van der Waals surface area contributed by atoms with E-state index in [1.54, 1.807) is 18.2 Å². The lowest BCUT2D eigenvalue weighted by molar-refractivity contribution is -0.141. The third-order valence-electron chi connectivity index (χ3n) is 1.97. The zero-order valence-corrected chi connectivity index (χ0v) is 8.07. The normalized spacial score (nSPS) is 11.4. The highest BCUT2D eigenvalue weighted by atomic mass is 19.4. The number of pyridine rings is 2. The zero-order valence-electron chi connectivity index (χ0n) is 8.07. The van der Waals surface area contributed by atoms with Gasteiger partial charge in [0.25, 0.3) is 0 Å². The summed E-state index contributed by atoms with van der Waals surface area (Å²) in [4.78, 5) is 7.47. The molecule has 0 aliphatic heterocycles. The lowest BCUT2D eigenvalue weighted by atomic mass is 10.2. The molecule has 0 aromatic carbocycles. The fourth-order valence-electron chi connectivity index (χ4n) is 1.25. The Bertz CT molecular complexity index is 480. The maximum Gasteiger partial charge on any atom is 0.433 e. The maximum atomic E-state index is 12.4. The second-order valence-corrected chi connectivity index (χ2v) is 3.12. The molecular weight excluding hydrogens is 217 g/mol. The number of aromatic nitrogens is 2. The van der Waals surface area contributed by atoms with Crippen LogP contribution in [0, 0.1) is 0 Å². The van der Waals surface area contributed by atoms with E-state index in [2.05, 4.69) is 9.97 Å². The van der Waals surface area contributed by atoms with Crippen LogP contribution in [0.15, 0.2) is 42.6 Å². The Hall–Kier alpha value is -1.91. The van der Waals surface area contributed by atoms with Crippen LogP contribution in [0.3, 0.4) is 0 Å². The molecule has 82 valence electrons. The van der Waals surface area contributed by atoms with Gasteiger partial charge in [-0.15, -0.1) is 0 Å². The van der Waals surface area contributed by atoms with Crippen LogP contribution in [0.25, 0.3) is 11.4 Å². The van der Waals surface area contributed by atoms with Crippen molar-refractivity contribution in [3.63, 3.8) is 0 Å². The van der Waals surface area contributed by atoms with Crippen molar-refractivity contribution in [3.8, 4) is 11.4 Å². The van der Waals surface area contributed by atoms with Crippen LogP contribution in [0.2, 0.25) is 0 Å². The molecule has 0 aliphatic carbocycles. The number of hydrogen-bond donors (Lipinski definition) is 0.